The molecule has 0 aromatic rings. The molecule has 0 radical (unpaired) electrons. The van der Waals surface area contributed by atoms with E-state index in [1.165, 1.54) is 38.5 Å². The van der Waals surface area contributed by atoms with E-state index in [1.54, 1.807) is 0 Å². The summed E-state index contributed by atoms with van der Waals surface area (Å²) in [7, 11) is 0. The average Bonchev–Trinajstić information content (AvgIpc) is 2.51. The quantitative estimate of drug-likeness (QED) is 0.710. The second-order valence-electron chi connectivity index (χ2n) is 4.27. The standard InChI is InChI=1S/C10H20O.C2H4O2/c1-2-3-4-6-9-7-5-8-10(9)11;1-2(3)4/h9-11H,2-8H2,1H3;1H3,(H,3,4)/t9-,10+;/m1./s1. The molecule has 0 heterocycles. The van der Waals surface area contributed by atoms with Gasteiger partial charge in [0, 0.05) is 6.92 Å². The van der Waals surface area contributed by atoms with Crippen LogP contribution in [0.5, 0.6) is 0 Å². The van der Waals surface area contributed by atoms with Crippen LogP contribution >= 0.6 is 0 Å². The van der Waals surface area contributed by atoms with Crippen LogP contribution in [0.2, 0.25) is 0 Å². The predicted molar refractivity (Wildman–Crippen MR) is 60.8 cm³/mol. The van der Waals surface area contributed by atoms with Gasteiger partial charge in [0.1, 0.15) is 0 Å². The lowest BCUT2D eigenvalue weighted by Crippen LogP contribution is -2.12. The number of hydrogen-bond donors (Lipinski definition) is 2. The lowest BCUT2D eigenvalue weighted by Gasteiger charge is -2.12. The highest BCUT2D eigenvalue weighted by Gasteiger charge is 2.23. The van der Waals surface area contributed by atoms with Crippen molar-refractivity contribution in [3.8, 4) is 0 Å². The Bertz CT molecular complexity index is 164. The summed E-state index contributed by atoms with van der Waals surface area (Å²) in [6, 6.07) is 0. The van der Waals surface area contributed by atoms with E-state index >= 15 is 0 Å². The Balaban J connectivity index is 0.000000423. The number of aliphatic hydroxyl groups is 1. The summed E-state index contributed by atoms with van der Waals surface area (Å²) in [4.78, 5) is 9.00. The van der Waals surface area contributed by atoms with E-state index in [2.05, 4.69) is 6.92 Å². The SMILES string of the molecule is CC(=O)O.CCCCC[C@@H]1CCC[C@@H]1O. The summed E-state index contributed by atoms with van der Waals surface area (Å²) in [6.07, 6.45) is 8.81. The molecule has 1 saturated carbocycles. The van der Waals surface area contributed by atoms with Crippen LogP contribution in [0.3, 0.4) is 0 Å². The molecule has 1 aliphatic carbocycles. The van der Waals surface area contributed by atoms with Crippen LogP contribution in [0.4, 0.5) is 0 Å². The molecular weight excluding hydrogens is 192 g/mol. The zero-order valence-electron chi connectivity index (χ0n) is 9.91. The molecule has 2 atom stereocenters. The van der Waals surface area contributed by atoms with Crippen molar-refractivity contribution < 1.29 is 15.0 Å². The molecule has 3 heteroatoms. The van der Waals surface area contributed by atoms with E-state index in [9.17, 15) is 5.11 Å². The van der Waals surface area contributed by atoms with Gasteiger partial charge in [0.25, 0.3) is 5.97 Å². The fraction of sp³-hybridized carbons (Fsp3) is 0.917. The summed E-state index contributed by atoms with van der Waals surface area (Å²) in [5, 5.41) is 16.9. The summed E-state index contributed by atoms with van der Waals surface area (Å²) in [5.41, 5.74) is 0. The number of rotatable bonds is 4. The van der Waals surface area contributed by atoms with Gasteiger partial charge in [0.05, 0.1) is 6.10 Å². The van der Waals surface area contributed by atoms with Crippen molar-refractivity contribution >= 4 is 5.97 Å². The van der Waals surface area contributed by atoms with E-state index in [1.807, 2.05) is 0 Å². The molecule has 1 rings (SSSR count). The van der Waals surface area contributed by atoms with E-state index in [0.717, 1.165) is 13.3 Å². The summed E-state index contributed by atoms with van der Waals surface area (Å²) < 4.78 is 0. The molecule has 0 saturated heterocycles. The minimum atomic E-state index is -0.833. The lowest BCUT2D eigenvalue weighted by molar-refractivity contribution is -0.134. The second-order valence-corrected chi connectivity index (χ2v) is 4.27. The number of carbonyl (C=O) groups is 1. The van der Waals surface area contributed by atoms with Crippen LogP contribution in [-0.4, -0.2) is 22.3 Å². The highest BCUT2D eigenvalue weighted by molar-refractivity contribution is 5.62. The molecule has 0 amide bonds. The summed E-state index contributed by atoms with van der Waals surface area (Å²) in [5.74, 6) is -0.193. The zero-order valence-corrected chi connectivity index (χ0v) is 9.91. The Kier molecular flexibility index (Phi) is 8.38. The van der Waals surface area contributed by atoms with Crippen molar-refractivity contribution in [2.75, 3.05) is 0 Å². The van der Waals surface area contributed by atoms with Crippen LogP contribution < -0.4 is 0 Å². The van der Waals surface area contributed by atoms with Crippen LogP contribution in [-0.2, 0) is 4.79 Å². The molecule has 15 heavy (non-hydrogen) atoms. The molecule has 0 aromatic heterocycles. The molecule has 90 valence electrons. The Morgan fingerprint density at radius 3 is 2.33 bits per heavy atom. The van der Waals surface area contributed by atoms with Crippen molar-refractivity contribution in [1.29, 1.82) is 0 Å². The largest absolute Gasteiger partial charge is 0.481 e. The Morgan fingerprint density at radius 1 is 1.33 bits per heavy atom. The smallest absolute Gasteiger partial charge is 0.300 e. The van der Waals surface area contributed by atoms with Crippen molar-refractivity contribution in [3.63, 3.8) is 0 Å². The summed E-state index contributed by atoms with van der Waals surface area (Å²) >= 11 is 0. The number of hydrogen-bond acceptors (Lipinski definition) is 2. The molecule has 0 spiro atoms. The minimum absolute atomic E-state index is 0.0341. The van der Waals surface area contributed by atoms with Crippen molar-refractivity contribution in [3.05, 3.63) is 0 Å². The second kappa shape index (κ2) is 8.72. The van der Waals surface area contributed by atoms with Gasteiger partial charge in [-0.1, -0.05) is 32.6 Å². The number of aliphatic hydroxyl groups excluding tert-OH is 1. The third-order valence-electron chi connectivity index (χ3n) is 2.80. The van der Waals surface area contributed by atoms with Crippen molar-refractivity contribution in [1.82, 2.24) is 0 Å². The van der Waals surface area contributed by atoms with Crippen LogP contribution in [0.15, 0.2) is 0 Å². The van der Waals surface area contributed by atoms with Gasteiger partial charge in [-0.15, -0.1) is 0 Å². The van der Waals surface area contributed by atoms with Crippen LogP contribution in [0.1, 0.15) is 58.8 Å². The molecule has 2 N–H and O–H groups in total. The molecular formula is C12H24O3. The predicted octanol–water partition coefficient (Wildman–Crippen LogP) is 2.82. The monoisotopic (exact) mass is 216 g/mol. The zero-order chi connectivity index (χ0) is 11.7. The number of carboxylic acid groups (broad SMARTS) is 1. The van der Waals surface area contributed by atoms with Gasteiger partial charge in [-0.25, -0.2) is 0 Å². The third-order valence-corrected chi connectivity index (χ3v) is 2.80. The van der Waals surface area contributed by atoms with Crippen LogP contribution in [0, 0.1) is 5.92 Å². The first kappa shape index (κ1) is 14.4. The Hall–Kier alpha value is -0.570. The highest BCUT2D eigenvalue weighted by atomic mass is 16.4. The fourth-order valence-electron chi connectivity index (χ4n) is 2.01. The minimum Gasteiger partial charge on any atom is -0.481 e. The maximum absolute atomic E-state index is 9.49. The van der Waals surface area contributed by atoms with Gasteiger partial charge >= 0.3 is 0 Å². The lowest BCUT2D eigenvalue weighted by atomic mass is 9.98. The molecule has 0 unspecified atom stereocenters. The Labute approximate surface area is 92.5 Å². The molecule has 1 fully saturated rings. The number of unbranched alkanes of at least 4 members (excludes halogenated alkanes) is 2. The third kappa shape index (κ3) is 8.43. The van der Waals surface area contributed by atoms with E-state index in [4.69, 9.17) is 9.90 Å². The van der Waals surface area contributed by atoms with E-state index < -0.39 is 5.97 Å². The number of carboxylic acids is 1. The summed E-state index contributed by atoms with van der Waals surface area (Å²) in [6.45, 7) is 3.31. The normalized spacial score (nSPS) is 24.5. The molecule has 0 aromatic carbocycles. The van der Waals surface area contributed by atoms with Gasteiger partial charge in [-0.2, -0.15) is 0 Å². The fourth-order valence-corrected chi connectivity index (χ4v) is 2.01. The van der Waals surface area contributed by atoms with Crippen LogP contribution in [0.25, 0.3) is 0 Å². The maximum atomic E-state index is 9.49. The van der Waals surface area contributed by atoms with Gasteiger partial charge in [0.15, 0.2) is 0 Å². The van der Waals surface area contributed by atoms with E-state index in [-0.39, 0.29) is 6.10 Å². The van der Waals surface area contributed by atoms with Crippen molar-refractivity contribution in [2.45, 2.75) is 64.9 Å². The molecule has 0 bridgehead atoms. The maximum Gasteiger partial charge on any atom is 0.300 e. The molecule has 3 nitrogen and oxygen atoms in total. The highest BCUT2D eigenvalue weighted by Crippen LogP contribution is 2.29. The Morgan fingerprint density at radius 2 is 1.93 bits per heavy atom. The molecule has 0 aliphatic heterocycles. The first-order valence-corrected chi connectivity index (χ1v) is 5.95. The van der Waals surface area contributed by atoms with Gasteiger partial charge < -0.3 is 10.2 Å². The first-order chi connectivity index (χ1) is 7.07. The number of aliphatic carboxylic acids is 1. The molecule has 1 aliphatic rings. The average molecular weight is 216 g/mol. The van der Waals surface area contributed by atoms with E-state index in [0.29, 0.717) is 5.92 Å². The van der Waals surface area contributed by atoms with Crippen molar-refractivity contribution in [2.24, 2.45) is 5.92 Å². The van der Waals surface area contributed by atoms with Gasteiger partial charge in [0.2, 0.25) is 0 Å². The van der Waals surface area contributed by atoms with Gasteiger partial charge in [-0.05, 0) is 25.2 Å². The topological polar surface area (TPSA) is 57.5 Å². The first-order valence-electron chi connectivity index (χ1n) is 5.95. The van der Waals surface area contributed by atoms with Gasteiger partial charge in [-0.3, -0.25) is 4.79 Å².